The van der Waals surface area contributed by atoms with Gasteiger partial charge >= 0.3 is 5.97 Å². The molecule has 1 aliphatic heterocycles. The third kappa shape index (κ3) is 3.62. The zero-order valence-electron chi connectivity index (χ0n) is 12.6. The van der Waals surface area contributed by atoms with Crippen molar-refractivity contribution in [2.24, 2.45) is 0 Å². The number of carboxylic acid groups (broad SMARTS) is 1. The average molecular weight is 384 g/mol. The lowest BCUT2D eigenvalue weighted by Crippen LogP contribution is -2.26. The summed E-state index contributed by atoms with van der Waals surface area (Å²) in [5.74, 6) is -3.71. The largest absolute Gasteiger partial charge is 0.481 e. The van der Waals surface area contributed by atoms with Crippen LogP contribution < -0.4 is 5.32 Å². The predicted molar refractivity (Wildman–Crippen MR) is 91.9 cm³/mol. The first-order chi connectivity index (χ1) is 11.9. The Morgan fingerprint density at radius 1 is 1.24 bits per heavy atom. The van der Waals surface area contributed by atoms with Crippen LogP contribution >= 0.6 is 23.4 Å². The first-order valence-corrected chi connectivity index (χ1v) is 8.60. The Morgan fingerprint density at radius 2 is 2.00 bits per heavy atom. The Balaban J connectivity index is 2.15. The zero-order chi connectivity index (χ0) is 18.1. The van der Waals surface area contributed by atoms with Crippen molar-refractivity contribution in [3.8, 4) is 0 Å². The first-order valence-electron chi connectivity index (χ1n) is 7.28. The lowest BCUT2D eigenvalue weighted by molar-refractivity contribution is -0.138. The van der Waals surface area contributed by atoms with Crippen LogP contribution in [0.15, 0.2) is 36.4 Å². The van der Waals surface area contributed by atoms with Crippen molar-refractivity contribution in [3.05, 3.63) is 64.2 Å². The van der Waals surface area contributed by atoms with Crippen LogP contribution in [0.3, 0.4) is 0 Å². The van der Waals surface area contributed by atoms with E-state index in [0.29, 0.717) is 16.3 Å². The van der Waals surface area contributed by atoms with Crippen LogP contribution in [0.5, 0.6) is 0 Å². The highest BCUT2D eigenvalue weighted by Crippen LogP contribution is 2.46. The number of thioether (sulfide) groups is 1. The first kappa shape index (κ1) is 17.7. The van der Waals surface area contributed by atoms with E-state index in [4.69, 9.17) is 16.7 Å². The lowest BCUT2D eigenvalue weighted by Gasteiger charge is -2.20. The summed E-state index contributed by atoms with van der Waals surface area (Å²) in [7, 11) is 0. The number of carbonyl (C=O) groups excluding carboxylic acids is 1. The molecule has 4 nitrogen and oxygen atoms in total. The van der Waals surface area contributed by atoms with Gasteiger partial charge < -0.3 is 10.4 Å². The van der Waals surface area contributed by atoms with Crippen LogP contribution in [0.25, 0.3) is 0 Å². The Labute approximate surface area is 151 Å². The standard InChI is InChI=1S/C17H12ClF2NO3S/c18-8-4-5-12-10(6-8)16(9-2-1-3-11(19)15(9)20)25-13(7-14(22)23)17(24)21-12/h1-6,13,16H,7H2,(H,21,24)(H,22,23). The minimum Gasteiger partial charge on any atom is -0.481 e. The summed E-state index contributed by atoms with van der Waals surface area (Å²) in [5.41, 5.74) is 0.909. The molecular weight excluding hydrogens is 372 g/mol. The number of hydrogen-bond acceptors (Lipinski definition) is 3. The van der Waals surface area contributed by atoms with E-state index in [0.717, 1.165) is 17.8 Å². The second kappa shape index (κ2) is 7.01. The summed E-state index contributed by atoms with van der Waals surface area (Å²) in [5, 5.41) is 10.3. The molecule has 0 aliphatic carbocycles. The fourth-order valence-corrected chi connectivity index (χ4v) is 4.24. The van der Waals surface area contributed by atoms with Gasteiger partial charge in [-0.05, 0) is 29.8 Å². The quantitative estimate of drug-likeness (QED) is 0.832. The fraction of sp³-hybridized carbons (Fsp3) is 0.176. The van der Waals surface area contributed by atoms with Gasteiger partial charge in [-0.2, -0.15) is 0 Å². The minimum atomic E-state index is -1.16. The molecule has 3 rings (SSSR count). The molecule has 2 aromatic carbocycles. The van der Waals surface area contributed by atoms with Gasteiger partial charge in [-0.1, -0.05) is 23.7 Å². The number of nitrogens with one attached hydrogen (secondary N) is 1. The number of carbonyl (C=O) groups is 2. The van der Waals surface area contributed by atoms with Crippen LogP contribution in [-0.2, 0) is 9.59 Å². The number of carboxylic acids is 1. The summed E-state index contributed by atoms with van der Waals surface area (Å²) in [6.07, 6.45) is -0.439. The number of anilines is 1. The van der Waals surface area contributed by atoms with Gasteiger partial charge in [0.15, 0.2) is 11.6 Å². The van der Waals surface area contributed by atoms with E-state index < -0.39 is 40.4 Å². The van der Waals surface area contributed by atoms with Crippen LogP contribution in [0.4, 0.5) is 14.5 Å². The molecule has 2 aromatic rings. The van der Waals surface area contributed by atoms with Crippen molar-refractivity contribution in [3.63, 3.8) is 0 Å². The van der Waals surface area contributed by atoms with Crippen molar-refractivity contribution < 1.29 is 23.5 Å². The molecule has 1 amide bonds. The Kier molecular flexibility index (Phi) is 4.96. The number of benzene rings is 2. The summed E-state index contributed by atoms with van der Waals surface area (Å²) in [6.45, 7) is 0. The summed E-state index contributed by atoms with van der Waals surface area (Å²) in [6, 6.07) is 8.45. The van der Waals surface area contributed by atoms with E-state index in [1.807, 2.05) is 0 Å². The average Bonchev–Trinajstić information content (AvgIpc) is 2.67. The second-order valence-corrected chi connectivity index (χ2v) is 7.22. The highest BCUT2D eigenvalue weighted by molar-refractivity contribution is 8.01. The lowest BCUT2D eigenvalue weighted by atomic mass is 10.0. The SMILES string of the molecule is O=C(O)CC1SC(c2cccc(F)c2F)c2cc(Cl)ccc2NC1=O. The predicted octanol–water partition coefficient (Wildman–Crippen LogP) is 4.24. The van der Waals surface area contributed by atoms with Gasteiger partial charge in [-0.15, -0.1) is 11.8 Å². The van der Waals surface area contributed by atoms with Gasteiger partial charge in [0.2, 0.25) is 5.91 Å². The molecule has 0 spiro atoms. The molecule has 2 atom stereocenters. The fourth-order valence-electron chi connectivity index (χ4n) is 2.64. The summed E-state index contributed by atoms with van der Waals surface area (Å²) >= 11 is 6.98. The third-order valence-electron chi connectivity index (χ3n) is 3.77. The molecule has 0 saturated heterocycles. The van der Waals surface area contributed by atoms with Crippen LogP contribution in [0, 0.1) is 11.6 Å². The van der Waals surface area contributed by atoms with Crippen molar-refractivity contribution in [1.29, 1.82) is 0 Å². The second-order valence-electron chi connectivity index (χ2n) is 5.47. The number of rotatable bonds is 3. The number of halogens is 3. The van der Waals surface area contributed by atoms with Crippen LogP contribution in [0.1, 0.15) is 22.8 Å². The van der Waals surface area contributed by atoms with Gasteiger partial charge in [0.1, 0.15) is 0 Å². The molecule has 0 aromatic heterocycles. The molecular formula is C17H12ClF2NO3S. The Bertz CT molecular complexity index is 862. The number of fused-ring (bicyclic) bond motifs is 1. The zero-order valence-corrected chi connectivity index (χ0v) is 14.2. The maximum Gasteiger partial charge on any atom is 0.305 e. The van der Waals surface area contributed by atoms with E-state index in [9.17, 15) is 18.4 Å². The Hall–Kier alpha value is -2.12. The van der Waals surface area contributed by atoms with Gasteiger partial charge in [0.25, 0.3) is 0 Å². The molecule has 1 heterocycles. The van der Waals surface area contributed by atoms with Crippen molar-refractivity contribution >= 4 is 40.9 Å². The van der Waals surface area contributed by atoms with E-state index >= 15 is 0 Å². The summed E-state index contributed by atoms with van der Waals surface area (Å²) in [4.78, 5) is 23.4. The number of aliphatic carboxylic acids is 1. The molecule has 25 heavy (non-hydrogen) atoms. The van der Waals surface area contributed by atoms with E-state index in [1.54, 1.807) is 18.2 Å². The third-order valence-corrected chi connectivity index (χ3v) is 5.50. The van der Waals surface area contributed by atoms with Crippen molar-refractivity contribution in [1.82, 2.24) is 0 Å². The van der Waals surface area contributed by atoms with E-state index in [-0.39, 0.29) is 5.56 Å². The molecule has 0 fully saturated rings. The molecule has 0 radical (unpaired) electrons. The van der Waals surface area contributed by atoms with Gasteiger partial charge in [0, 0.05) is 16.3 Å². The van der Waals surface area contributed by atoms with Crippen LogP contribution in [0.2, 0.25) is 5.02 Å². The van der Waals surface area contributed by atoms with Crippen LogP contribution in [-0.4, -0.2) is 22.2 Å². The molecule has 8 heteroatoms. The normalized spacial score (nSPS) is 19.7. The molecule has 130 valence electrons. The molecule has 0 bridgehead atoms. The maximum absolute atomic E-state index is 14.4. The van der Waals surface area contributed by atoms with Crippen molar-refractivity contribution in [2.45, 2.75) is 16.9 Å². The highest BCUT2D eigenvalue weighted by Gasteiger charge is 2.34. The number of hydrogen-bond donors (Lipinski definition) is 2. The molecule has 1 aliphatic rings. The molecule has 2 N–H and O–H groups in total. The van der Waals surface area contributed by atoms with Gasteiger partial charge in [-0.3, -0.25) is 9.59 Å². The molecule has 2 unspecified atom stereocenters. The maximum atomic E-state index is 14.4. The smallest absolute Gasteiger partial charge is 0.305 e. The Morgan fingerprint density at radius 3 is 2.72 bits per heavy atom. The monoisotopic (exact) mass is 383 g/mol. The summed E-state index contributed by atoms with van der Waals surface area (Å²) < 4.78 is 28.0. The minimum absolute atomic E-state index is 0.0282. The molecule has 0 saturated carbocycles. The number of amides is 1. The highest BCUT2D eigenvalue weighted by atomic mass is 35.5. The van der Waals surface area contributed by atoms with Gasteiger partial charge in [0.05, 0.1) is 16.9 Å². The van der Waals surface area contributed by atoms with Crippen molar-refractivity contribution in [2.75, 3.05) is 5.32 Å². The topological polar surface area (TPSA) is 66.4 Å². The van der Waals surface area contributed by atoms with E-state index in [2.05, 4.69) is 5.32 Å². The van der Waals surface area contributed by atoms with E-state index in [1.165, 1.54) is 12.1 Å². The van der Waals surface area contributed by atoms with Gasteiger partial charge in [-0.25, -0.2) is 8.78 Å².